The summed E-state index contributed by atoms with van der Waals surface area (Å²) in [6, 6.07) is 10.7. The standard InChI is InChI=1S/C21H21ClFN3O3/c1-2-3-10-26-21(29)15-7-5-4-6-14(15)19(25-26)20(28)24-12-18(27)13-8-9-16(22)17(23)11-13/h4-9,11,18,27H,2-3,10,12H2,1H3,(H,24,28)/t18-/m0/s1. The molecule has 0 unspecified atom stereocenters. The Bertz CT molecular complexity index is 1100. The molecule has 0 saturated carbocycles. The first kappa shape index (κ1) is 21.0. The third-order valence-electron chi connectivity index (χ3n) is 4.59. The van der Waals surface area contributed by atoms with E-state index in [0.29, 0.717) is 17.3 Å². The molecule has 2 N–H and O–H groups in total. The van der Waals surface area contributed by atoms with Crippen LogP contribution in [0.25, 0.3) is 10.8 Å². The number of nitrogens with zero attached hydrogens (tertiary/aromatic N) is 2. The average Bonchev–Trinajstić information content (AvgIpc) is 2.73. The molecule has 2 aromatic carbocycles. The van der Waals surface area contributed by atoms with Crippen molar-refractivity contribution in [3.05, 3.63) is 74.9 Å². The quantitative estimate of drug-likeness (QED) is 0.616. The van der Waals surface area contributed by atoms with Gasteiger partial charge < -0.3 is 10.4 Å². The summed E-state index contributed by atoms with van der Waals surface area (Å²) in [5.41, 5.74) is 0.144. The zero-order valence-electron chi connectivity index (χ0n) is 15.9. The first-order valence-electron chi connectivity index (χ1n) is 9.33. The zero-order valence-corrected chi connectivity index (χ0v) is 16.6. The van der Waals surface area contributed by atoms with E-state index in [0.717, 1.165) is 18.9 Å². The number of aryl methyl sites for hydroxylation is 1. The van der Waals surface area contributed by atoms with Crippen molar-refractivity contribution >= 4 is 28.3 Å². The van der Waals surface area contributed by atoms with Crippen molar-refractivity contribution in [2.45, 2.75) is 32.4 Å². The van der Waals surface area contributed by atoms with Crippen LogP contribution in [0.3, 0.4) is 0 Å². The predicted molar refractivity (Wildman–Crippen MR) is 110 cm³/mol. The number of halogens is 2. The molecule has 29 heavy (non-hydrogen) atoms. The molecule has 6 nitrogen and oxygen atoms in total. The summed E-state index contributed by atoms with van der Waals surface area (Å²) in [4.78, 5) is 25.4. The van der Waals surface area contributed by atoms with Crippen molar-refractivity contribution in [2.75, 3.05) is 6.54 Å². The molecule has 152 valence electrons. The lowest BCUT2D eigenvalue weighted by Gasteiger charge is -2.14. The lowest BCUT2D eigenvalue weighted by molar-refractivity contribution is 0.0910. The number of aliphatic hydroxyl groups excluding tert-OH is 1. The number of aromatic nitrogens is 2. The number of nitrogens with one attached hydrogen (secondary N) is 1. The van der Waals surface area contributed by atoms with Crippen LogP contribution in [-0.2, 0) is 6.54 Å². The number of amides is 1. The molecule has 0 aliphatic heterocycles. The van der Waals surface area contributed by atoms with Gasteiger partial charge in [-0.05, 0) is 30.2 Å². The summed E-state index contributed by atoms with van der Waals surface area (Å²) in [6.07, 6.45) is 0.516. The van der Waals surface area contributed by atoms with E-state index in [4.69, 9.17) is 11.6 Å². The Morgan fingerprint density at radius 1 is 1.28 bits per heavy atom. The van der Waals surface area contributed by atoms with E-state index in [1.54, 1.807) is 24.3 Å². The monoisotopic (exact) mass is 417 g/mol. The second-order valence-electron chi connectivity index (χ2n) is 6.68. The first-order valence-corrected chi connectivity index (χ1v) is 9.71. The number of hydrogen-bond acceptors (Lipinski definition) is 4. The van der Waals surface area contributed by atoms with Crippen LogP contribution in [0.15, 0.2) is 47.3 Å². The molecule has 0 spiro atoms. The third-order valence-corrected chi connectivity index (χ3v) is 4.90. The largest absolute Gasteiger partial charge is 0.387 e. The van der Waals surface area contributed by atoms with Gasteiger partial charge in [-0.25, -0.2) is 9.07 Å². The Kier molecular flexibility index (Phi) is 6.61. The first-order chi connectivity index (χ1) is 13.9. The zero-order chi connectivity index (χ0) is 21.0. The van der Waals surface area contributed by atoms with Crippen LogP contribution in [0, 0.1) is 5.82 Å². The van der Waals surface area contributed by atoms with Gasteiger partial charge in [-0.3, -0.25) is 9.59 Å². The number of rotatable bonds is 7. The van der Waals surface area contributed by atoms with Gasteiger partial charge in [0.05, 0.1) is 16.5 Å². The Morgan fingerprint density at radius 2 is 2.00 bits per heavy atom. The van der Waals surface area contributed by atoms with E-state index in [2.05, 4.69) is 10.4 Å². The summed E-state index contributed by atoms with van der Waals surface area (Å²) in [5.74, 6) is -1.18. The Hall–Kier alpha value is -2.77. The summed E-state index contributed by atoms with van der Waals surface area (Å²) >= 11 is 5.65. The van der Waals surface area contributed by atoms with Crippen LogP contribution in [0.4, 0.5) is 4.39 Å². The van der Waals surface area contributed by atoms with Gasteiger partial charge in [-0.1, -0.05) is 49.2 Å². The fourth-order valence-electron chi connectivity index (χ4n) is 2.97. The number of hydrogen-bond donors (Lipinski definition) is 2. The fraction of sp³-hybridized carbons (Fsp3) is 0.286. The van der Waals surface area contributed by atoms with E-state index >= 15 is 0 Å². The molecule has 0 aliphatic rings. The molecule has 8 heteroatoms. The van der Waals surface area contributed by atoms with Crippen LogP contribution in [0.2, 0.25) is 5.02 Å². The minimum atomic E-state index is -1.12. The molecule has 1 heterocycles. The minimum Gasteiger partial charge on any atom is -0.387 e. The van der Waals surface area contributed by atoms with Crippen molar-refractivity contribution in [3.8, 4) is 0 Å². The van der Waals surface area contributed by atoms with E-state index in [-0.39, 0.29) is 28.4 Å². The molecule has 0 fully saturated rings. The van der Waals surface area contributed by atoms with Gasteiger partial charge in [0.15, 0.2) is 5.69 Å². The van der Waals surface area contributed by atoms with Crippen molar-refractivity contribution in [3.63, 3.8) is 0 Å². The Balaban J connectivity index is 1.85. The van der Waals surface area contributed by atoms with Crippen molar-refractivity contribution < 1.29 is 14.3 Å². The molecule has 1 amide bonds. The number of fused-ring (bicyclic) bond motifs is 1. The summed E-state index contributed by atoms with van der Waals surface area (Å²) in [7, 11) is 0. The lowest BCUT2D eigenvalue weighted by Crippen LogP contribution is -2.33. The van der Waals surface area contributed by atoms with Crippen molar-refractivity contribution in [1.82, 2.24) is 15.1 Å². The SMILES string of the molecule is CCCCn1nc(C(=O)NC[C@H](O)c2ccc(Cl)c(F)c2)c2ccccc2c1=O. The number of unbranched alkanes of at least 4 members (excludes halogenated alkanes) is 1. The summed E-state index contributed by atoms with van der Waals surface area (Å²) in [5, 5.41) is 17.9. The molecule has 0 saturated heterocycles. The van der Waals surface area contributed by atoms with E-state index in [9.17, 15) is 19.1 Å². The van der Waals surface area contributed by atoms with Crippen LogP contribution in [0.1, 0.15) is 41.9 Å². The average molecular weight is 418 g/mol. The van der Waals surface area contributed by atoms with Gasteiger partial charge in [0.2, 0.25) is 0 Å². The lowest BCUT2D eigenvalue weighted by atomic mass is 10.1. The van der Waals surface area contributed by atoms with E-state index in [1.807, 2.05) is 6.92 Å². The number of carbonyl (C=O) groups is 1. The molecule has 0 bridgehead atoms. The fourth-order valence-corrected chi connectivity index (χ4v) is 3.09. The molecule has 1 atom stereocenters. The highest BCUT2D eigenvalue weighted by molar-refractivity contribution is 6.30. The van der Waals surface area contributed by atoms with Gasteiger partial charge in [0, 0.05) is 18.5 Å². The third kappa shape index (κ3) is 4.63. The predicted octanol–water partition coefficient (Wildman–Crippen LogP) is 3.45. The smallest absolute Gasteiger partial charge is 0.274 e. The summed E-state index contributed by atoms with van der Waals surface area (Å²) in [6.45, 7) is 2.26. The van der Waals surface area contributed by atoms with E-state index < -0.39 is 17.8 Å². The second-order valence-corrected chi connectivity index (χ2v) is 7.08. The molecule has 3 rings (SSSR count). The number of benzene rings is 2. The molecular formula is C21H21ClFN3O3. The minimum absolute atomic E-state index is 0.0463. The number of aliphatic hydroxyl groups is 1. The highest BCUT2D eigenvalue weighted by Gasteiger charge is 2.18. The van der Waals surface area contributed by atoms with Gasteiger partial charge in [0.1, 0.15) is 5.82 Å². The van der Waals surface area contributed by atoms with Gasteiger partial charge in [0.25, 0.3) is 11.5 Å². The molecular weight excluding hydrogens is 397 g/mol. The topological polar surface area (TPSA) is 84.2 Å². The Morgan fingerprint density at radius 3 is 2.69 bits per heavy atom. The summed E-state index contributed by atoms with van der Waals surface area (Å²) < 4.78 is 14.9. The van der Waals surface area contributed by atoms with Crippen molar-refractivity contribution in [2.24, 2.45) is 0 Å². The maximum absolute atomic E-state index is 13.6. The van der Waals surface area contributed by atoms with Gasteiger partial charge in [-0.2, -0.15) is 5.10 Å². The molecule has 1 aromatic heterocycles. The van der Waals surface area contributed by atoms with Gasteiger partial charge >= 0.3 is 0 Å². The highest BCUT2D eigenvalue weighted by Crippen LogP contribution is 2.20. The van der Waals surface area contributed by atoms with Gasteiger partial charge in [-0.15, -0.1) is 0 Å². The maximum atomic E-state index is 13.6. The number of carbonyl (C=O) groups excluding carboxylic acids is 1. The molecule has 3 aromatic rings. The normalized spacial score (nSPS) is 12.1. The highest BCUT2D eigenvalue weighted by atomic mass is 35.5. The maximum Gasteiger partial charge on any atom is 0.274 e. The van der Waals surface area contributed by atoms with E-state index in [1.165, 1.54) is 16.8 Å². The van der Waals surface area contributed by atoms with Crippen LogP contribution >= 0.6 is 11.6 Å². The molecule has 0 radical (unpaired) electrons. The van der Waals surface area contributed by atoms with Crippen molar-refractivity contribution in [1.29, 1.82) is 0 Å². The van der Waals surface area contributed by atoms with Crippen LogP contribution in [0.5, 0.6) is 0 Å². The van der Waals surface area contributed by atoms with Crippen LogP contribution < -0.4 is 10.9 Å². The Labute approximate surface area is 171 Å². The van der Waals surface area contributed by atoms with Crippen LogP contribution in [-0.4, -0.2) is 27.3 Å². The second kappa shape index (κ2) is 9.15. The molecule has 0 aliphatic carbocycles.